The zero-order chi connectivity index (χ0) is 18.8. The zero-order valence-corrected chi connectivity index (χ0v) is 14.5. The average molecular weight is 392 g/mol. The first-order chi connectivity index (χ1) is 11.6. The van der Waals surface area contributed by atoms with Crippen molar-refractivity contribution in [2.75, 3.05) is 5.32 Å². The van der Waals surface area contributed by atoms with Crippen molar-refractivity contribution in [3.8, 4) is 0 Å². The van der Waals surface area contributed by atoms with E-state index < -0.39 is 39.2 Å². The van der Waals surface area contributed by atoms with Gasteiger partial charge in [-0.2, -0.15) is 13.2 Å². The van der Waals surface area contributed by atoms with Gasteiger partial charge in [-0.3, -0.25) is 14.9 Å². The van der Waals surface area contributed by atoms with E-state index in [0.717, 1.165) is 23.9 Å². The number of thioether (sulfide) groups is 1. The molecule has 0 radical (unpaired) electrons. The maximum Gasteiger partial charge on any atom is 0.418 e. The number of non-ortho nitro benzene ring substituents is 1. The topological polar surface area (TPSA) is 98.0 Å². The second-order valence-corrected chi connectivity index (χ2v) is 7.59. The maximum atomic E-state index is 13.1. The summed E-state index contributed by atoms with van der Waals surface area (Å²) in [4.78, 5) is 21.9. The molecular formula is C13H11F3N4O3S2. The fourth-order valence-electron chi connectivity index (χ4n) is 1.75. The van der Waals surface area contributed by atoms with Gasteiger partial charge in [-0.15, -0.1) is 10.2 Å². The molecule has 2 rings (SSSR count). The minimum atomic E-state index is -4.85. The van der Waals surface area contributed by atoms with Crippen molar-refractivity contribution in [3.63, 3.8) is 0 Å². The lowest BCUT2D eigenvalue weighted by molar-refractivity contribution is -0.385. The third kappa shape index (κ3) is 4.89. The Morgan fingerprint density at radius 3 is 2.60 bits per heavy atom. The first-order valence-electron chi connectivity index (χ1n) is 6.71. The molecule has 2 aromatic rings. The van der Waals surface area contributed by atoms with Crippen LogP contribution in [0.2, 0.25) is 0 Å². The Hall–Kier alpha value is -2.21. The second-order valence-electron chi connectivity index (χ2n) is 4.82. The van der Waals surface area contributed by atoms with Crippen LogP contribution in [-0.4, -0.2) is 26.3 Å². The van der Waals surface area contributed by atoms with E-state index in [1.54, 1.807) is 6.92 Å². The molecule has 0 aliphatic heterocycles. The van der Waals surface area contributed by atoms with Crippen LogP contribution in [0.4, 0.5) is 24.5 Å². The van der Waals surface area contributed by atoms with Crippen molar-refractivity contribution < 1.29 is 22.9 Å². The fourth-order valence-corrected chi connectivity index (χ4v) is 3.71. The van der Waals surface area contributed by atoms with Crippen LogP contribution in [0.5, 0.6) is 0 Å². The third-order valence-electron chi connectivity index (χ3n) is 2.93. The number of amides is 1. The molecule has 1 atom stereocenters. The molecule has 1 N–H and O–H groups in total. The summed E-state index contributed by atoms with van der Waals surface area (Å²) in [6, 6.07) is 2.16. The molecule has 0 aliphatic rings. The van der Waals surface area contributed by atoms with Crippen molar-refractivity contribution in [2.45, 2.75) is 29.6 Å². The summed E-state index contributed by atoms with van der Waals surface area (Å²) < 4.78 is 39.8. The van der Waals surface area contributed by atoms with Crippen LogP contribution in [0.1, 0.15) is 17.5 Å². The number of nitro benzene ring substituents is 1. The Kier molecular flexibility index (Phi) is 5.62. The van der Waals surface area contributed by atoms with E-state index in [-0.39, 0.29) is 0 Å². The highest BCUT2D eigenvalue weighted by Crippen LogP contribution is 2.37. The number of nitro groups is 1. The van der Waals surface area contributed by atoms with E-state index in [1.165, 1.54) is 18.3 Å². The number of nitrogens with zero attached hydrogens (tertiary/aromatic N) is 3. The van der Waals surface area contributed by atoms with Gasteiger partial charge in [0.05, 0.1) is 21.4 Å². The van der Waals surface area contributed by atoms with Crippen molar-refractivity contribution in [3.05, 3.63) is 38.9 Å². The van der Waals surface area contributed by atoms with E-state index in [0.29, 0.717) is 15.4 Å². The van der Waals surface area contributed by atoms with Gasteiger partial charge >= 0.3 is 6.18 Å². The summed E-state index contributed by atoms with van der Waals surface area (Å²) in [6.45, 7) is 3.24. The predicted molar refractivity (Wildman–Crippen MR) is 86.7 cm³/mol. The molecule has 1 heterocycles. The van der Waals surface area contributed by atoms with Gasteiger partial charge in [-0.25, -0.2) is 0 Å². The van der Waals surface area contributed by atoms with E-state index in [4.69, 9.17) is 0 Å². The largest absolute Gasteiger partial charge is 0.418 e. The fraction of sp³-hybridized carbons (Fsp3) is 0.308. The van der Waals surface area contributed by atoms with Crippen LogP contribution < -0.4 is 5.32 Å². The molecule has 1 aromatic heterocycles. The molecule has 0 saturated heterocycles. The lowest BCUT2D eigenvalue weighted by Crippen LogP contribution is -2.24. The molecule has 0 spiro atoms. The third-order valence-corrected chi connectivity index (χ3v) is 4.95. The Labute approximate surface area is 147 Å². The van der Waals surface area contributed by atoms with Crippen LogP contribution in [0.25, 0.3) is 0 Å². The lowest BCUT2D eigenvalue weighted by atomic mass is 10.1. The van der Waals surface area contributed by atoms with Crippen LogP contribution in [0.15, 0.2) is 22.5 Å². The van der Waals surface area contributed by atoms with Gasteiger partial charge in [0.15, 0.2) is 4.34 Å². The number of aromatic nitrogens is 2. The number of carbonyl (C=O) groups excluding carboxylic acids is 1. The highest BCUT2D eigenvalue weighted by molar-refractivity contribution is 8.02. The SMILES string of the molecule is Cc1nnc(S[C@H](C)C(=O)Nc2ccc([N+](=O)[O-])cc2C(F)(F)F)s1. The summed E-state index contributed by atoms with van der Waals surface area (Å²) in [6.07, 6.45) is -4.85. The number of benzene rings is 1. The van der Waals surface area contributed by atoms with Crippen LogP contribution in [0.3, 0.4) is 0 Å². The number of alkyl halides is 3. The molecule has 0 bridgehead atoms. The number of hydrogen-bond donors (Lipinski definition) is 1. The molecular weight excluding hydrogens is 381 g/mol. The standard InChI is InChI=1S/C13H11F3N4O3S2/c1-6(24-12-19-18-7(2)25-12)11(21)17-10-4-3-8(20(22)23)5-9(10)13(14,15)16/h3-6H,1-2H3,(H,17,21)/t6-/m1/s1. The Morgan fingerprint density at radius 1 is 1.40 bits per heavy atom. The highest BCUT2D eigenvalue weighted by Gasteiger charge is 2.36. The maximum absolute atomic E-state index is 13.1. The number of hydrogen-bond acceptors (Lipinski definition) is 7. The molecule has 25 heavy (non-hydrogen) atoms. The number of aryl methyl sites for hydroxylation is 1. The number of rotatable bonds is 5. The summed E-state index contributed by atoms with van der Waals surface area (Å²) in [5.41, 5.74) is -2.53. The highest BCUT2D eigenvalue weighted by atomic mass is 32.2. The number of carbonyl (C=O) groups is 1. The van der Waals surface area contributed by atoms with Gasteiger partial charge < -0.3 is 5.32 Å². The van der Waals surface area contributed by atoms with E-state index >= 15 is 0 Å². The Balaban J connectivity index is 2.20. The Bertz CT molecular complexity index is 810. The Morgan fingerprint density at radius 2 is 2.08 bits per heavy atom. The van der Waals surface area contributed by atoms with Crippen LogP contribution in [0, 0.1) is 17.0 Å². The van der Waals surface area contributed by atoms with Gasteiger partial charge in [-0.1, -0.05) is 23.1 Å². The molecule has 0 aliphatic carbocycles. The molecule has 12 heteroatoms. The van der Waals surface area contributed by atoms with Gasteiger partial charge in [0, 0.05) is 12.1 Å². The van der Waals surface area contributed by atoms with E-state index in [1.807, 2.05) is 0 Å². The van der Waals surface area contributed by atoms with Crippen molar-refractivity contribution in [2.24, 2.45) is 0 Å². The van der Waals surface area contributed by atoms with Gasteiger partial charge in [0.25, 0.3) is 5.69 Å². The van der Waals surface area contributed by atoms with Gasteiger partial charge in [0.1, 0.15) is 5.01 Å². The van der Waals surface area contributed by atoms with Crippen molar-refractivity contribution in [1.82, 2.24) is 10.2 Å². The van der Waals surface area contributed by atoms with Gasteiger partial charge in [0.2, 0.25) is 5.91 Å². The molecule has 0 saturated carbocycles. The van der Waals surface area contributed by atoms with Crippen molar-refractivity contribution in [1.29, 1.82) is 0 Å². The predicted octanol–water partition coefficient (Wildman–Crippen LogP) is 3.89. The van der Waals surface area contributed by atoms with Crippen molar-refractivity contribution >= 4 is 40.4 Å². The summed E-state index contributed by atoms with van der Waals surface area (Å²) >= 11 is 2.31. The normalized spacial score (nSPS) is 12.7. The minimum Gasteiger partial charge on any atom is -0.325 e. The summed E-state index contributed by atoms with van der Waals surface area (Å²) in [5, 5.41) is 20.4. The lowest BCUT2D eigenvalue weighted by Gasteiger charge is -2.15. The smallest absolute Gasteiger partial charge is 0.325 e. The van der Waals surface area contributed by atoms with E-state index in [2.05, 4.69) is 15.5 Å². The van der Waals surface area contributed by atoms with Crippen LogP contribution >= 0.6 is 23.1 Å². The minimum absolute atomic E-state index is 0.390. The number of anilines is 1. The zero-order valence-electron chi connectivity index (χ0n) is 12.8. The molecule has 134 valence electrons. The summed E-state index contributed by atoms with van der Waals surface area (Å²) in [5.74, 6) is -0.683. The number of nitrogens with one attached hydrogen (secondary N) is 1. The first kappa shape index (κ1) is 19.1. The molecule has 1 aromatic carbocycles. The second kappa shape index (κ2) is 7.35. The first-order valence-corrected chi connectivity index (χ1v) is 8.41. The molecule has 0 unspecified atom stereocenters. The summed E-state index contributed by atoms with van der Waals surface area (Å²) in [7, 11) is 0. The average Bonchev–Trinajstić information content (AvgIpc) is 2.91. The molecule has 1 amide bonds. The monoisotopic (exact) mass is 392 g/mol. The van der Waals surface area contributed by atoms with Crippen LogP contribution in [-0.2, 0) is 11.0 Å². The van der Waals surface area contributed by atoms with E-state index in [9.17, 15) is 28.1 Å². The van der Waals surface area contributed by atoms with Gasteiger partial charge in [-0.05, 0) is 19.9 Å². The number of halogens is 3. The molecule has 7 nitrogen and oxygen atoms in total. The molecule has 0 fully saturated rings. The quantitative estimate of drug-likeness (QED) is 0.471.